The number of rotatable bonds is 1. The highest BCUT2D eigenvalue weighted by atomic mass is 19.1. The summed E-state index contributed by atoms with van der Waals surface area (Å²) < 4.78 is 13.6. The lowest BCUT2D eigenvalue weighted by atomic mass is 9.55. The molecule has 1 spiro atoms. The van der Waals surface area contributed by atoms with Crippen molar-refractivity contribution in [1.29, 1.82) is 0 Å². The second-order valence-corrected chi connectivity index (χ2v) is 6.46. The normalized spacial score (nSPS) is 33.0. The molecule has 3 unspecified atom stereocenters. The van der Waals surface area contributed by atoms with Gasteiger partial charge in [0.15, 0.2) is 0 Å². The van der Waals surface area contributed by atoms with E-state index < -0.39 is 5.92 Å². The van der Waals surface area contributed by atoms with Gasteiger partial charge in [0.1, 0.15) is 5.82 Å². The Morgan fingerprint density at radius 1 is 1.29 bits per heavy atom. The molecule has 1 N–H and O–H groups in total. The van der Waals surface area contributed by atoms with E-state index in [1.807, 2.05) is 0 Å². The van der Waals surface area contributed by atoms with Crippen LogP contribution in [-0.4, -0.2) is 11.8 Å². The lowest BCUT2D eigenvalue weighted by Crippen LogP contribution is -2.54. The third kappa shape index (κ3) is 2.37. The Labute approximate surface area is 123 Å². The molecular formula is C17H20FNO2. The van der Waals surface area contributed by atoms with Crippen molar-refractivity contribution >= 4 is 11.8 Å². The molecule has 1 aromatic rings. The van der Waals surface area contributed by atoms with Crippen LogP contribution in [0.15, 0.2) is 24.3 Å². The van der Waals surface area contributed by atoms with E-state index in [1.165, 1.54) is 12.1 Å². The van der Waals surface area contributed by atoms with Crippen LogP contribution >= 0.6 is 0 Å². The van der Waals surface area contributed by atoms with Gasteiger partial charge < -0.3 is 0 Å². The minimum atomic E-state index is -0.429. The fourth-order valence-corrected chi connectivity index (χ4v) is 4.22. The predicted octanol–water partition coefficient (Wildman–Crippen LogP) is 3.15. The van der Waals surface area contributed by atoms with E-state index in [9.17, 15) is 14.0 Å². The maximum absolute atomic E-state index is 13.6. The van der Waals surface area contributed by atoms with Gasteiger partial charge in [0.2, 0.25) is 11.8 Å². The fraction of sp³-hybridized carbons (Fsp3) is 0.529. The van der Waals surface area contributed by atoms with Crippen molar-refractivity contribution in [3.63, 3.8) is 0 Å². The molecule has 1 saturated carbocycles. The van der Waals surface area contributed by atoms with Crippen molar-refractivity contribution in [1.82, 2.24) is 5.32 Å². The molecule has 21 heavy (non-hydrogen) atoms. The summed E-state index contributed by atoms with van der Waals surface area (Å²) in [7, 11) is 0. The molecule has 1 saturated heterocycles. The topological polar surface area (TPSA) is 46.2 Å². The van der Waals surface area contributed by atoms with E-state index in [4.69, 9.17) is 0 Å². The van der Waals surface area contributed by atoms with Gasteiger partial charge in [-0.05, 0) is 35.4 Å². The third-order valence-electron chi connectivity index (χ3n) is 5.28. The van der Waals surface area contributed by atoms with Gasteiger partial charge in [-0.1, -0.05) is 38.3 Å². The van der Waals surface area contributed by atoms with Crippen LogP contribution in [0.4, 0.5) is 4.39 Å². The Hall–Kier alpha value is -1.71. The van der Waals surface area contributed by atoms with Gasteiger partial charge in [-0.3, -0.25) is 14.9 Å². The molecule has 0 bridgehead atoms. The van der Waals surface area contributed by atoms with Crippen LogP contribution in [0.5, 0.6) is 0 Å². The van der Waals surface area contributed by atoms with Gasteiger partial charge in [0, 0.05) is 6.42 Å². The monoisotopic (exact) mass is 289 g/mol. The minimum absolute atomic E-state index is 0.193. The van der Waals surface area contributed by atoms with Crippen LogP contribution < -0.4 is 5.32 Å². The summed E-state index contributed by atoms with van der Waals surface area (Å²) in [5, 5.41) is 2.44. The van der Waals surface area contributed by atoms with E-state index in [0.717, 1.165) is 25.7 Å². The molecule has 1 heterocycles. The number of nitrogens with one attached hydrogen (secondary N) is 1. The summed E-state index contributed by atoms with van der Waals surface area (Å²) in [6.45, 7) is 2.12. The van der Waals surface area contributed by atoms with E-state index in [0.29, 0.717) is 12.0 Å². The molecule has 3 atom stereocenters. The molecule has 1 aromatic carbocycles. The fourth-order valence-electron chi connectivity index (χ4n) is 4.22. The molecule has 1 aliphatic heterocycles. The first-order valence-electron chi connectivity index (χ1n) is 7.62. The quantitative estimate of drug-likeness (QED) is 0.807. The largest absolute Gasteiger partial charge is 0.296 e. The second kappa shape index (κ2) is 5.24. The number of hydrogen-bond acceptors (Lipinski definition) is 2. The predicted molar refractivity (Wildman–Crippen MR) is 77.0 cm³/mol. The zero-order valence-corrected chi connectivity index (χ0v) is 12.2. The molecular weight excluding hydrogens is 269 g/mol. The standard InChI is InChI=1S/C17H20FNO2/c1-11-5-2-3-8-17(11)10-14(20)19-16(21)15(17)12-6-4-7-13(18)9-12/h4,6-7,9,11,15H,2-3,5,8,10H2,1H3,(H,19,20,21). The van der Waals surface area contributed by atoms with Crippen molar-refractivity contribution in [2.24, 2.45) is 11.3 Å². The van der Waals surface area contributed by atoms with Crippen molar-refractivity contribution in [2.45, 2.75) is 44.9 Å². The molecule has 2 aliphatic rings. The van der Waals surface area contributed by atoms with Crippen LogP contribution in [0, 0.1) is 17.2 Å². The van der Waals surface area contributed by atoms with Gasteiger partial charge in [-0.15, -0.1) is 0 Å². The Morgan fingerprint density at radius 2 is 2.10 bits per heavy atom. The summed E-state index contributed by atoms with van der Waals surface area (Å²) in [4.78, 5) is 24.4. The van der Waals surface area contributed by atoms with Gasteiger partial charge in [0.25, 0.3) is 0 Å². The maximum atomic E-state index is 13.6. The summed E-state index contributed by atoms with van der Waals surface area (Å²) in [5.41, 5.74) is 0.333. The number of imide groups is 1. The third-order valence-corrected chi connectivity index (χ3v) is 5.28. The van der Waals surface area contributed by atoms with E-state index in [1.54, 1.807) is 12.1 Å². The number of hydrogen-bond donors (Lipinski definition) is 1. The highest BCUT2D eigenvalue weighted by Crippen LogP contribution is 2.54. The molecule has 2 amide bonds. The van der Waals surface area contributed by atoms with Crippen LogP contribution in [0.25, 0.3) is 0 Å². The zero-order chi connectivity index (χ0) is 15.0. The summed E-state index contributed by atoms with van der Waals surface area (Å²) >= 11 is 0. The highest BCUT2D eigenvalue weighted by Gasteiger charge is 2.52. The number of halogens is 1. The lowest BCUT2D eigenvalue weighted by molar-refractivity contribution is -0.143. The SMILES string of the molecule is CC1CCCCC12CC(=O)NC(=O)C2c1cccc(F)c1. The van der Waals surface area contributed by atoms with E-state index >= 15 is 0 Å². The average molecular weight is 289 g/mol. The molecule has 2 fully saturated rings. The highest BCUT2D eigenvalue weighted by molar-refractivity contribution is 6.02. The smallest absolute Gasteiger partial charge is 0.234 e. The molecule has 0 aromatic heterocycles. The van der Waals surface area contributed by atoms with Crippen LogP contribution in [0.3, 0.4) is 0 Å². The van der Waals surface area contributed by atoms with Crippen molar-refractivity contribution in [2.75, 3.05) is 0 Å². The number of carbonyl (C=O) groups excluding carboxylic acids is 2. The van der Waals surface area contributed by atoms with Crippen LogP contribution in [0.2, 0.25) is 0 Å². The van der Waals surface area contributed by atoms with Gasteiger partial charge in [0.05, 0.1) is 5.92 Å². The summed E-state index contributed by atoms with van der Waals surface area (Å²) in [6, 6.07) is 6.25. The van der Waals surface area contributed by atoms with Crippen LogP contribution in [-0.2, 0) is 9.59 Å². The molecule has 3 rings (SSSR count). The second-order valence-electron chi connectivity index (χ2n) is 6.46. The molecule has 112 valence electrons. The zero-order valence-electron chi connectivity index (χ0n) is 12.2. The number of amides is 2. The average Bonchev–Trinajstić information content (AvgIpc) is 2.41. The van der Waals surface area contributed by atoms with E-state index in [2.05, 4.69) is 12.2 Å². The van der Waals surface area contributed by atoms with Gasteiger partial charge in [-0.2, -0.15) is 0 Å². The number of piperidine rings is 1. The summed E-state index contributed by atoms with van der Waals surface area (Å²) in [5.74, 6) is -0.946. The lowest BCUT2D eigenvalue weighted by Gasteiger charge is -2.49. The first kappa shape index (κ1) is 14.2. The maximum Gasteiger partial charge on any atom is 0.234 e. The van der Waals surface area contributed by atoms with Crippen molar-refractivity contribution in [3.8, 4) is 0 Å². The molecule has 4 heteroatoms. The summed E-state index contributed by atoms with van der Waals surface area (Å²) in [6.07, 6.45) is 4.40. The molecule has 3 nitrogen and oxygen atoms in total. The van der Waals surface area contributed by atoms with Gasteiger partial charge in [-0.25, -0.2) is 4.39 Å². The van der Waals surface area contributed by atoms with Crippen LogP contribution in [0.1, 0.15) is 50.5 Å². The molecule has 1 aliphatic carbocycles. The Bertz CT molecular complexity index is 586. The van der Waals surface area contributed by atoms with Crippen molar-refractivity contribution in [3.05, 3.63) is 35.6 Å². The number of carbonyl (C=O) groups is 2. The van der Waals surface area contributed by atoms with Gasteiger partial charge >= 0.3 is 0 Å². The number of benzene rings is 1. The first-order valence-corrected chi connectivity index (χ1v) is 7.62. The minimum Gasteiger partial charge on any atom is -0.296 e. The Balaban J connectivity index is 2.08. The van der Waals surface area contributed by atoms with E-state index in [-0.39, 0.29) is 29.0 Å². The molecule has 0 radical (unpaired) electrons. The van der Waals surface area contributed by atoms with Crippen molar-refractivity contribution < 1.29 is 14.0 Å². The first-order chi connectivity index (χ1) is 10.0. The Morgan fingerprint density at radius 3 is 2.81 bits per heavy atom. The Kier molecular flexibility index (Phi) is 3.56.